The highest BCUT2D eigenvalue weighted by Crippen LogP contribution is 2.42. The predicted molar refractivity (Wildman–Crippen MR) is 110 cm³/mol. The van der Waals surface area contributed by atoms with Crippen LogP contribution in [0.25, 0.3) is 11.1 Å². The third kappa shape index (κ3) is 2.72. The standard InChI is InChI=1S/C25H25N/c1-2-7-19(8-3-1)20-12-15-22(16-13-20)26-18-6-11-25(26)24-17-14-21-9-4-5-10-23(21)24/h1-5,7-10,12-13,15-16,24-25H,6,11,14,17-18H2/t24-,25-/m1/s1. The van der Waals surface area contributed by atoms with Gasteiger partial charge in [-0.05, 0) is 60.1 Å². The van der Waals surface area contributed by atoms with Gasteiger partial charge in [-0.3, -0.25) is 0 Å². The van der Waals surface area contributed by atoms with Crippen LogP contribution < -0.4 is 4.90 Å². The van der Waals surface area contributed by atoms with E-state index in [1.165, 1.54) is 49.0 Å². The van der Waals surface area contributed by atoms with Crippen molar-refractivity contribution >= 4 is 5.69 Å². The number of hydrogen-bond acceptors (Lipinski definition) is 1. The summed E-state index contributed by atoms with van der Waals surface area (Å²) in [7, 11) is 0. The van der Waals surface area contributed by atoms with Gasteiger partial charge < -0.3 is 4.90 Å². The molecule has 3 aromatic rings. The quantitative estimate of drug-likeness (QED) is 0.561. The normalized spacial score (nSPS) is 21.8. The highest BCUT2D eigenvalue weighted by Gasteiger charge is 2.36. The van der Waals surface area contributed by atoms with E-state index in [1.54, 1.807) is 11.1 Å². The summed E-state index contributed by atoms with van der Waals surface area (Å²) in [5.74, 6) is 0.697. The lowest BCUT2D eigenvalue weighted by molar-refractivity contribution is 0.526. The summed E-state index contributed by atoms with van der Waals surface area (Å²) in [5.41, 5.74) is 7.16. The van der Waals surface area contributed by atoms with E-state index in [-0.39, 0.29) is 0 Å². The molecule has 0 unspecified atom stereocenters. The van der Waals surface area contributed by atoms with E-state index >= 15 is 0 Å². The summed E-state index contributed by atoms with van der Waals surface area (Å²) in [6.45, 7) is 1.19. The Morgan fingerprint density at radius 1 is 0.692 bits per heavy atom. The Kier molecular flexibility index (Phi) is 4.01. The minimum atomic E-state index is 0.654. The summed E-state index contributed by atoms with van der Waals surface area (Å²) >= 11 is 0. The number of nitrogens with zero attached hydrogens (tertiary/aromatic N) is 1. The Morgan fingerprint density at radius 2 is 1.42 bits per heavy atom. The van der Waals surface area contributed by atoms with E-state index in [9.17, 15) is 0 Å². The molecule has 0 amide bonds. The summed E-state index contributed by atoms with van der Waals surface area (Å²) in [6.07, 6.45) is 5.18. The minimum absolute atomic E-state index is 0.654. The van der Waals surface area contributed by atoms with Gasteiger partial charge in [-0.2, -0.15) is 0 Å². The van der Waals surface area contributed by atoms with Crippen LogP contribution in [-0.2, 0) is 6.42 Å². The fourth-order valence-electron chi connectivity index (χ4n) is 5.00. The van der Waals surface area contributed by atoms with Crippen molar-refractivity contribution in [1.29, 1.82) is 0 Å². The van der Waals surface area contributed by atoms with Gasteiger partial charge in [0, 0.05) is 24.2 Å². The van der Waals surface area contributed by atoms with Gasteiger partial charge in [0.2, 0.25) is 0 Å². The van der Waals surface area contributed by atoms with Crippen LogP contribution in [0.2, 0.25) is 0 Å². The van der Waals surface area contributed by atoms with Crippen molar-refractivity contribution in [2.24, 2.45) is 0 Å². The predicted octanol–water partition coefficient (Wildman–Crippen LogP) is 6.05. The fraction of sp³-hybridized carbons (Fsp3) is 0.280. The highest BCUT2D eigenvalue weighted by molar-refractivity contribution is 5.66. The number of anilines is 1. The topological polar surface area (TPSA) is 3.24 Å². The maximum Gasteiger partial charge on any atom is 0.0369 e. The van der Waals surface area contributed by atoms with Crippen LogP contribution in [0.1, 0.15) is 36.3 Å². The molecule has 0 saturated carbocycles. The lowest BCUT2D eigenvalue weighted by atomic mass is 9.91. The smallest absolute Gasteiger partial charge is 0.0369 e. The zero-order valence-electron chi connectivity index (χ0n) is 15.1. The number of benzene rings is 3. The SMILES string of the molecule is c1ccc(-c2ccc(N3CCC[C@@H]3[C@@H]3CCc4ccccc43)cc2)cc1. The molecule has 1 saturated heterocycles. The van der Waals surface area contributed by atoms with Crippen LogP contribution in [0.4, 0.5) is 5.69 Å². The summed E-state index contributed by atoms with van der Waals surface area (Å²) in [4.78, 5) is 2.67. The zero-order chi connectivity index (χ0) is 17.3. The van der Waals surface area contributed by atoms with Crippen LogP contribution in [0.5, 0.6) is 0 Å². The van der Waals surface area contributed by atoms with Gasteiger partial charge >= 0.3 is 0 Å². The van der Waals surface area contributed by atoms with Gasteiger partial charge in [0.05, 0.1) is 0 Å². The van der Waals surface area contributed by atoms with Crippen molar-refractivity contribution < 1.29 is 0 Å². The molecular formula is C25H25N. The van der Waals surface area contributed by atoms with Gasteiger partial charge in [-0.1, -0.05) is 66.7 Å². The highest BCUT2D eigenvalue weighted by atomic mass is 15.2. The van der Waals surface area contributed by atoms with Crippen molar-refractivity contribution in [3.63, 3.8) is 0 Å². The molecule has 0 aromatic heterocycles. The minimum Gasteiger partial charge on any atom is -0.368 e. The molecule has 1 nitrogen and oxygen atoms in total. The summed E-state index contributed by atoms with van der Waals surface area (Å²) in [6, 6.07) is 29.6. The van der Waals surface area contributed by atoms with Crippen molar-refractivity contribution in [2.45, 2.75) is 37.6 Å². The van der Waals surface area contributed by atoms with Gasteiger partial charge in [0.15, 0.2) is 0 Å². The molecule has 26 heavy (non-hydrogen) atoms. The van der Waals surface area contributed by atoms with Crippen molar-refractivity contribution in [3.8, 4) is 11.1 Å². The second-order valence-electron chi connectivity index (χ2n) is 7.66. The number of fused-ring (bicyclic) bond motifs is 1. The van der Waals surface area contributed by atoms with Crippen molar-refractivity contribution in [1.82, 2.24) is 0 Å². The van der Waals surface area contributed by atoms with Crippen LogP contribution >= 0.6 is 0 Å². The van der Waals surface area contributed by atoms with Crippen LogP contribution in [0.15, 0.2) is 78.9 Å². The molecule has 0 bridgehead atoms. The van der Waals surface area contributed by atoms with Crippen molar-refractivity contribution in [3.05, 3.63) is 90.0 Å². The van der Waals surface area contributed by atoms with Crippen LogP contribution in [0.3, 0.4) is 0 Å². The molecule has 1 heterocycles. The molecule has 2 atom stereocenters. The number of aryl methyl sites for hydroxylation is 1. The maximum atomic E-state index is 2.67. The second-order valence-corrected chi connectivity index (χ2v) is 7.66. The Balaban J connectivity index is 1.41. The lowest BCUT2D eigenvalue weighted by Gasteiger charge is -2.32. The van der Waals surface area contributed by atoms with E-state index in [0.717, 1.165) is 0 Å². The van der Waals surface area contributed by atoms with Crippen molar-refractivity contribution in [2.75, 3.05) is 11.4 Å². The monoisotopic (exact) mass is 339 g/mol. The first kappa shape index (κ1) is 15.7. The first-order chi connectivity index (χ1) is 12.9. The Hall–Kier alpha value is -2.54. The zero-order valence-corrected chi connectivity index (χ0v) is 15.1. The number of hydrogen-bond donors (Lipinski definition) is 0. The molecule has 1 heteroatoms. The van der Waals surface area contributed by atoms with E-state index < -0.39 is 0 Å². The Bertz CT molecular complexity index is 882. The van der Waals surface area contributed by atoms with E-state index in [0.29, 0.717) is 12.0 Å². The van der Waals surface area contributed by atoms with E-state index in [4.69, 9.17) is 0 Å². The summed E-state index contributed by atoms with van der Waals surface area (Å²) in [5, 5.41) is 0. The molecule has 0 spiro atoms. The molecule has 2 aliphatic rings. The second kappa shape index (κ2) is 6.64. The summed E-state index contributed by atoms with van der Waals surface area (Å²) < 4.78 is 0. The fourth-order valence-corrected chi connectivity index (χ4v) is 5.00. The molecule has 3 aromatic carbocycles. The molecule has 1 aliphatic carbocycles. The van der Waals surface area contributed by atoms with Crippen LogP contribution in [-0.4, -0.2) is 12.6 Å². The first-order valence-electron chi connectivity index (χ1n) is 9.90. The average Bonchev–Trinajstić information content (AvgIpc) is 3.35. The molecule has 1 fully saturated rings. The largest absolute Gasteiger partial charge is 0.368 e. The molecular weight excluding hydrogens is 314 g/mol. The van der Waals surface area contributed by atoms with Gasteiger partial charge in [-0.15, -0.1) is 0 Å². The van der Waals surface area contributed by atoms with Gasteiger partial charge in [-0.25, -0.2) is 0 Å². The van der Waals surface area contributed by atoms with E-state index in [2.05, 4.69) is 83.8 Å². The third-order valence-electron chi connectivity index (χ3n) is 6.25. The number of rotatable bonds is 3. The first-order valence-corrected chi connectivity index (χ1v) is 9.90. The average molecular weight is 339 g/mol. The molecule has 5 rings (SSSR count). The molecule has 130 valence electrons. The molecule has 1 aliphatic heterocycles. The van der Waals surface area contributed by atoms with E-state index in [1.807, 2.05) is 0 Å². The Labute approximate surface area is 156 Å². The van der Waals surface area contributed by atoms with Gasteiger partial charge in [0.1, 0.15) is 0 Å². The molecule has 0 N–H and O–H groups in total. The molecule has 0 radical (unpaired) electrons. The van der Waals surface area contributed by atoms with Gasteiger partial charge in [0.25, 0.3) is 0 Å². The Morgan fingerprint density at radius 3 is 2.27 bits per heavy atom. The maximum absolute atomic E-state index is 2.67. The van der Waals surface area contributed by atoms with Crippen LogP contribution in [0, 0.1) is 0 Å². The lowest BCUT2D eigenvalue weighted by Crippen LogP contribution is -2.33. The third-order valence-corrected chi connectivity index (χ3v) is 6.25.